The van der Waals surface area contributed by atoms with Gasteiger partial charge < -0.3 is 11.1 Å². The molecule has 0 aliphatic carbocycles. The van der Waals surface area contributed by atoms with Gasteiger partial charge in [0.2, 0.25) is 5.91 Å². The van der Waals surface area contributed by atoms with E-state index in [-0.39, 0.29) is 23.7 Å². The molecule has 0 unspecified atom stereocenters. The molecule has 0 saturated heterocycles. The van der Waals surface area contributed by atoms with Crippen LogP contribution in [-0.2, 0) is 11.0 Å². The van der Waals surface area contributed by atoms with Crippen molar-refractivity contribution in [3.05, 3.63) is 29.3 Å². The van der Waals surface area contributed by atoms with E-state index < -0.39 is 23.7 Å². The van der Waals surface area contributed by atoms with Gasteiger partial charge in [-0.25, -0.2) is 0 Å². The second kappa shape index (κ2) is 8.51. The number of amides is 1. The van der Waals surface area contributed by atoms with Gasteiger partial charge in [0.1, 0.15) is 0 Å². The Morgan fingerprint density at radius 3 is 2.57 bits per heavy atom. The van der Waals surface area contributed by atoms with E-state index >= 15 is 0 Å². The normalized spacial score (nSPS) is 12.5. The van der Waals surface area contributed by atoms with Crippen LogP contribution in [0, 0.1) is 6.92 Å². The molecule has 3 N–H and O–H groups in total. The third kappa shape index (κ3) is 6.15. The van der Waals surface area contributed by atoms with Crippen molar-refractivity contribution in [1.82, 2.24) is 0 Å². The molecule has 0 saturated carbocycles. The Balaban J connectivity index is 0.00000400. The van der Waals surface area contributed by atoms with Crippen LogP contribution < -0.4 is 11.1 Å². The van der Waals surface area contributed by atoms with Gasteiger partial charge in [0.15, 0.2) is 0 Å². The molecule has 0 aliphatic rings. The third-order valence-corrected chi connectivity index (χ3v) is 3.42. The van der Waals surface area contributed by atoms with Crippen LogP contribution in [-0.4, -0.2) is 24.0 Å². The summed E-state index contributed by atoms with van der Waals surface area (Å²) in [5, 5.41) is 2.42. The SMILES string of the molecule is CSCC[C@H](N)C(=O)Nc1ccc(C)c(C(F)(F)F)c1.Cl. The molecule has 0 bridgehead atoms. The van der Waals surface area contributed by atoms with E-state index in [2.05, 4.69) is 5.32 Å². The number of aryl methyl sites for hydroxylation is 1. The Morgan fingerprint density at radius 2 is 2.05 bits per heavy atom. The van der Waals surface area contributed by atoms with Crippen LogP contribution in [0.1, 0.15) is 17.5 Å². The topological polar surface area (TPSA) is 55.1 Å². The molecule has 1 atom stereocenters. The molecule has 3 nitrogen and oxygen atoms in total. The fraction of sp³-hybridized carbons (Fsp3) is 0.462. The Morgan fingerprint density at radius 1 is 1.43 bits per heavy atom. The maximum absolute atomic E-state index is 12.8. The van der Waals surface area contributed by atoms with E-state index in [0.29, 0.717) is 6.42 Å². The Hall–Kier alpha value is -0.920. The Kier molecular flexibility index (Phi) is 8.13. The first-order valence-corrected chi connectivity index (χ1v) is 7.38. The van der Waals surface area contributed by atoms with Crippen LogP contribution in [0.3, 0.4) is 0 Å². The molecule has 0 radical (unpaired) electrons. The lowest BCUT2D eigenvalue weighted by Gasteiger charge is -2.15. The zero-order chi connectivity index (χ0) is 15.3. The number of halogens is 4. The van der Waals surface area contributed by atoms with Gasteiger partial charge in [-0.15, -0.1) is 12.4 Å². The minimum Gasteiger partial charge on any atom is -0.325 e. The van der Waals surface area contributed by atoms with Crippen molar-refractivity contribution in [2.24, 2.45) is 5.73 Å². The number of nitrogens with two attached hydrogens (primary N) is 1. The summed E-state index contributed by atoms with van der Waals surface area (Å²) >= 11 is 1.55. The second-order valence-corrected chi connectivity index (χ2v) is 5.39. The van der Waals surface area contributed by atoms with Crippen molar-refractivity contribution >= 4 is 35.8 Å². The van der Waals surface area contributed by atoms with Crippen LogP contribution in [0.5, 0.6) is 0 Å². The van der Waals surface area contributed by atoms with Crippen molar-refractivity contribution in [1.29, 1.82) is 0 Å². The molecule has 0 spiro atoms. The molecule has 1 rings (SSSR count). The summed E-state index contributed by atoms with van der Waals surface area (Å²) in [4.78, 5) is 11.7. The first-order valence-electron chi connectivity index (χ1n) is 5.99. The summed E-state index contributed by atoms with van der Waals surface area (Å²) in [5.41, 5.74) is 5.12. The van der Waals surface area contributed by atoms with Crippen LogP contribution in [0.15, 0.2) is 18.2 Å². The van der Waals surface area contributed by atoms with E-state index in [0.717, 1.165) is 11.8 Å². The lowest BCUT2D eigenvalue weighted by Crippen LogP contribution is -2.36. The number of carbonyl (C=O) groups excluding carboxylic acids is 1. The lowest BCUT2D eigenvalue weighted by atomic mass is 10.1. The molecule has 8 heteroatoms. The average molecular weight is 343 g/mol. The molecular weight excluding hydrogens is 325 g/mol. The predicted octanol–water partition coefficient (Wildman–Crippen LogP) is 3.45. The largest absolute Gasteiger partial charge is 0.416 e. The predicted molar refractivity (Wildman–Crippen MR) is 83.0 cm³/mol. The first kappa shape index (κ1) is 20.1. The molecule has 0 aromatic heterocycles. The summed E-state index contributed by atoms with van der Waals surface area (Å²) in [6, 6.07) is 2.96. The van der Waals surface area contributed by atoms with Gasteiger partial charge in [0.05, 0.1) is 11.6 Å². The fourth-order valence-electron chi connectivity index (χ4n) is 1.62. The number of nitrogens with one attached hydrogen (secondary N) is 1. The van der Waals surface area contributed by atoms with E-state index in [9.17, 15) is 18.0 Å². The van der Waals surface area contributed by atoms with Gasteiger partial charge in [-0.2, -0.15) is 24.9 Å². The van der Waals surface area contributed by atoms with Crippen LogP contribution in [0.2, 0.25) is 0 Å². The Bertz CT molecular complexity index is 483. The highest BCUT2D eigenvalue weighted by atomic mass is 35.5. The smallest absolute Gasteiger partial charge is 0.325 e. The van der Waals surface area contributed by atoms with E-state index in [4.69, 9.17) is 5.73 Å². The van der Waals surface area contributed by atoms with Gasteiger partial charge in [0, 0.05) is 5.69 Å². The number of thioether (sulfide) groups is 1. The van der Waals surface area contributed by atoms with Crippen molar-refractivity contribution in [3.63, 3.8) is 0 Å². The molecular formula is C13H18ClF3N2OS. The van der Waals surface area contributed by atoms with Crippen LogP contribution in [0.4, 0.5) is 18.9 Å². The average Bonchev–Trinajstić information content (AvgIpc) is 2.36. The number of benzene rings is 1. The zero-order valence-corrected chi connectivity index (χ0v) is 13.3. The lowest BCUT2D eigenvalue weighted by molar-refractivity contribution is -0.138. The summed E-state index contributed by atoms with van der Waals surface area (Å²) in [5.74, 6) is 0.243. The minimum absolute atomic E-state index is 0. The summed E-state index contributed by atoms with van der Waals surface area (Å²) < 4.78 is 38.3. The number of anilines is 1. The molecule has 0 fully saturated rings. The highest BCUT2D eigenvalue weighted by Crippen LogP contribution is 2.33. The molecule has 21 heavy (non-hydrogen) atoms. The highest BCUT2D eigenvalue weighted by Gasteiger charge is 2.32. The van der Waals surface area contributed by atoms with Gasteiger partial charge in [-0.05, 0) is 43.0 Å². The van der Waals surface area contributed by atoms with Gasteiger partial charge in [-0.3, -0.25) is 4.79 Å². The third-order valence-electron chi connectivity index (χ3n) is 2.78. The maximum Gasteiger partial charge on any atom is 0.416 e. The first-order chi connectivity index (χ1) is 9.25. The standard InChI is InChI=1S/C13H17F3N2OS.ClH/c1-8-3-4-9(7-10(8)13(14,15)16)18-12(19)11(17)5-6-20-2;/h3-4,7,11H,5-6,17H2,1-2H3,(H,18,19);1H/t11-;/m0./s1. The van der Waals surface area contributed by atoms with Crippen LogP contribution >= 0.6 is 24.2 Å². The van der Waals surface area contributed by atoms with Gasteiger partial charge in [-0.1, -0.05) is 6.07 Å². The quantitative estimate of drug-likeness (QED) is 0.861. The minimum atomic E-state index is -4.44. The van der Waals surface area contributed by atoms with Gasteiger partial charge >= 0.3 is 6.18 Å². The molecule has 1 aromatic carbocycles. The second-order valence-electron chi connectivity index (χ2n) is 4.40. The molecule has 0 heterocycles. The summed E-state index contributed by atoms with van der Waals surface area (Å²) in [6.45, 7) is 1.37. The van der Waals surface area contributed by atoms with Crippen molar-refractivity contribution in [2.45, 2.75) is 25.6 Å². The maximum atomic E-state index is 12.8. The molecule has 0 aliphatic heterocycles. The number of alkyl halides is 3. The van der Waals surface area contributed by atoms with Gasteiger partial charge in [0.25, 0.3) is 0 Å². The van der Waals surface area contributed by atoms with Crippen LogP contribution in [0.25, 0.3) is 0 Å². The van der Waals surface area contributed by atoms with E-state index in [1.54, 1.807) is 11.8 Å². The number of hydrogen-bond donors (Lipinski definition) is 2. The van der Waals surface area contributed by atoms with E-state index in [1.165, 1.54) is 19.1 Å². The van der Waals surface area contributed by atoms with Crippen molar-refractivity contribution < 1.29 is 18.0 Å². The fourth-order valence-corrected chi connectivity index (χ4v) is 2.11. The highest BCUT2D eigenvalue weighted by molar-refractivity contribution is 7.98. The number of hydrogen-bond acceptors (Lipinski definition) is 3. The number of carbonyl (C=O) groups is 1. The van der Waals surface area contributed by atoms with Crippen molar-refractivity contribution in [2.75, 3.05) is 17.3 Å². The van der Waals surface area contributed by atoms with Crippen molar-refractivity contribution in [3.8, 4) is 0 Å². The number of rotatable bonds is 5. The van der Waals surface area contributed by atoms with E-state index in [1.807, 2.05) is 6.26 Å². The monoisotopic (exact) mass is 342 g/mol. The summed E-state index contributed by atoms with van der Waals surface area (Å²) in [7, 11) is 0. The molecule has 120 valence electrons. The summed E-state index contributed by atoms with van der Waals surface area (Å²) in [6.07, 6.45) is -2.07. The molecule has 1 aromatic rings. The zero-order valence-electron chi connectivity index (χ0n) is 11.7. The Labute approximate surface area is 132 Å². The molecule has 1 amide bonds.